The number of carbonyl (C=O) groups excluding carboxylic acids is 2. The Bertz CT molecular complexity index is 1160. The third kappa shape index (κ3) is 5.47. The molecule has 0 aromatic heterocycles. The minimum absolute atomic E-state index is 0.00331. The number of rotatable bonds is 4. The normalized spacial score (nSPS) is 16.8. The summed E-state index contributed by atoms with van der Waals surface area (Å²) in [5.41, 5.74) is -1.56. The number of benzene rings is 2. The largest absolute Gasteiger partial charge is 0.467 e. The van der Waals surface area contributed by atoms with Gasteiger partial charge in [-0.2, -0.15) is 26.3 Å². The zero-order valence-corrected chi connectivity index (χ0v) is 20.8. The maximum atomic E-state index is 13.6. The van der Waals surface area contributed by atoms with Crippen molar-refractivity contribution in [3.05, 3.63) is 58.1 Å². The fourth-order valence-electron chi connectivity index (χ4n) is 4.41. The number of alkyl halides is 6. The summed E-state index contributed by atoms with van der Waals surface area (Å²) in [5.74, 6) is -1.06. The molecule has 37 heavy (non-hydrogen) atoms. The van der Waals surface area contributed by atoms with E-state index in [0.29, 0.717) is 24.2 Å². The summed E-state index contributed by atoms with van der Waals surface area (Å²) < 4.78 is 91.4. The Hall–Kier alpha value is -3.44. The summed E-state index contributed by atoms with van der Waals surface area (Å²) in [6, 6.07) is 2.06. The van der Waals surface area contributed by atoms with Crippen molar-refractivity contribution in [2.75, 3.05) is 30.6 Å². The van der Waals surface area contributed by atoms with Crippen LogP contribution in [0.25, 0.3) is 0 Å². The van der Waals surface area contributed by atoms with Gasteiger partial charge in [-0.1, -0.05) is 6.92 Å². The number of halogens is 6. The number of anilines is 2. The molecular weight excluding hydrogens is 506 g/mol. The Morgan fingerprint density at radius 1 is 0.892 bits per heavy atom. The zero-order chi connectivity index (χ0) is 27.9. The molecule has 6 nitrogen and oxygen atoms in total. The van der Waals surface area contributed by atoms with E-state index >= 15 is 0 Å². The number of hydrogen-bond acceptors (Lipinski definition) is 5. The minimum atomic E-state index is -5.10. The SMILES string of the molecule is CC[C@H]1CN([C@H](C(=O)OC)c2cc(C(F)(F)F)cc(C(F)(F)F)c2)c2cc(C)c(C)cc2N1C(=O)OC. The van der Waals surface area contributed by atoms with Gasteiger partial charge in [0.05, 0.1) is 42.8 Å². The topological polar surface area (TPSA) is 59.1 Å². The van der Waals surface area contributed by atoms with Crippen molar-refractivity contribution >= 4 is 23.4 Å². The van der Waals surface area contributed by atoms with E-state index in [-0.39, 0.29) is 18.3 Å². The third-order valence-corrected chi connectivity index (χ3v) is 6.44. The van der Waals surface area contributed by atoms with Crippen molar-refractivity contribution in [2.24, 2.45) is 0 Å². The van der Waals surface area contributed by atoms with Crippen LogP contribution in [0.5, 0.6) is 0 Å². The van der Waals surface area contributed by atoms with Crippen LogP contribution in [0.3, 0.4) is 0 Å². The van der Waals surface area contributed by atoms with Crippen LogP contribution >= 0.6 is 0 Å². The molecule has 0 spiro atoms. The van der Waals surface area contributed by atoms with E-state index in [1.807, 2.05) is 0 Å². The van der Waals surface area contributed by atoms with Crippen LogP contribution in [0.15, 0.2) is 30.3 Å². The molecule has 1 heterocycles. The van der Waals surface area contributed by atoms with Crippen molar-refractivity contribution in [1.29, 1.82) is 0 Å². The van der Waals surface area contributed by atoms with Gasteiger partial charge in [-0.3, -0.25) is 4.90 Å². The number of hydrogen-bond donors (Lipinski definition) is 0. The predicted molar refractivity (Wildman–Crippen MR) is 123 cm³/mol. The monoisotopic (exact) mass is 532 g/mol. The zero-order valence-electron chi connectivity index (χ0n) is 20.8. The van der Waals surface area contributed by atoms with Crippen LogP contribution in [0, 0.1) is 13.8 Å². The molecule has 2 atom stereocenters. The quantitative estimate of drug-likeness (QED) is 0.336. The molecule has 202 valence electrons. The summed E-state index contributed by atoms with van der Waals surface area (Å²) in [5, 5.41) is 0. The molecule has 0 fully saturated rings. The Labute approximate surface area is 209 Å². The van der Waals surface area contributed by atoms with Crippen molar-refractivity contribution in [3.8, 4) is 0 Å². The highest BCUT2D eigenvalue weighted by molar-refractivity contribution is 5.96. The van der Waals surface area contributed by atoms with Gasteiger partial charge in [0.1, 0.15) is 0 Å². The molecule has 0 saturated heterocycles. The van der Waals surface area contributed by atoms with E-state index < -0.39 is 53.2 Å². The van der Waals surface area contributed by atoms with Crippen molar-refractivity contribution < 1.29 is 45.4 Å². The van der Waals surface area contributed by atoms with Gasteiger partial charge in [-0.15, -0.1) is 0 Å². The summed E-state index contributed by atoms with van der Waals surface area (Å²) in [6.45, 7) is 5.20. The maximum Gasteiger partial charge on any atom is 0.416 e. The maximum absolute atomic E-state index is 13.6. The van der Waals surface area contributed by atoms with Gasteiger partial charge < -0.3 is 14.4 Å². The van der Waals surface area contributed by atoms with Crippen LogP contribution in [0.1, 0.15) is 47.2 Å². The van der Waals surface area contributed by atoms with Gasteiger partial charge in [0.15, 0.2) is 6.04 Å². The predicted octanol–water partition coefficient (Wildman–Crippen LogP) is 6.43. The van der Waals surface area contributed by atoms with E-state index in [9.17, 15) is 35.9 Å². The molecule has 3 rings (SSSR count). The lowest BCUT2D eigenvalue weighted by molar-refractivity contribution is -0.145. The van der Waals surface area contributed by atoms with Gasteiger partial charge >= 0.3 is 24.4 Å². The number of esters is 1. The summed E-state index contributed by atoms with van der Waals surface area (Å²) in [6.07, 6.45) is -10.5. The fraction of sp³-hybridized carbons (Fsp3) is 0.440. The van der Waals surface area contributed by atoms with Gasteiger partial charge in [-0.05, 0) is 67.3 Å². The lowest BCUT2D eigenvalue weighted by Crippen LogP contribution is -2.53. The van der Waals surface area contributed by atoms with Crippen molar-refractivity contribution in [2.45, 2.75) is 51.6 Å². The Morgan fingerprint density at radius 2 is 1.41 bits per heavy atom. The molecule has 1 amide bonds. The van der Waals surface area contributed by atoms with Crippen LogP contribution in [-0.2, 0) is 26.6 Å². The number of aryl methyl sites for hydroxylation is 2. The molecule has 1 aliphatic heterocycles. The molecule has 2 aromatic carbocycles. The van der Waals surface area contributed by atoms with Crippen LogP contribution in [-0.4, -0.2) is 38.9 Å². The molecule has 12 heteroatoms. The highest BCUT2D eigenvalue weighted by Gasteiger charge is 2.43. The van der Waals surface area contributed by atoms with Gasteiger partial charge in [-0.25, -0.2) is 9.59 Å². The molecule has 0 N–H and O–H groups in total. The van der Waals surface area contributed by atoms with Gasteiger partial charge in [0.25, 0.3) is 0 Å². The van der Waals surface area contributed by atoms with Crippen LogP contribution in [0.4, 0.5) is 42.5 Å². The van der Waals surface area contributed by atoms with E-state index in [2.05, 4.69) is 0 Å². The highest BCUT2D eigenvalue weighted by Crippen LogP contribution is 2.45. The molecule has 0 bridgehead atoms. The minimum Gasteiger partial charge on any atom is -0.467 e. The van der Waals surface area contributed by atoms with E-state index in [0.717, 1.165) is 18.2 Å². The highest BCUT2D eigenvalue weighted by atomic mass is 19.4. The molecule has 1 aliphatic rings. The average Bonchev–Trinajstić information content (AvgIpc) is 2.82. The smallest absolute Gasteiger partial charge is 0.416 e. The van der Waals surface area contributed by atoms with Crippen molar-refractivity contribution in [3.63, 3.8) is 0 Å². The first kappa shape index (κ1) is 28.1. The fourth-order valence-corrected chi connectivity index (χ4v) is 4.41. The van der Waals surface area contributed by atoms with Gasteiger partial charge in [0.2, 0.25) is 0 Å². The van der Waals surface area contributed by atoms with E-state index in [4.69, 9.17) is 9.47 Å². The third-order valence-electron chi connectivity index (χ3n) is 6.44. The summed E-state index contributed by atoms with van der Waals surface area (Å²) in [4.78, 5) is 28.5. The van der Waals surface area contributed by atoms with Crippen LogP contribution in [0.2, 0.25) is 0 Å². The average molecular weight is 532 g/mol. The Balaban J connectivity index is 2.33. The number of nitrogens with zero attached hydrogens (tertiary/aromatic N) is 2. The lowest BCUT2D eigenvalue weighted by atomic mass is 9.94. The molecule has 0 radical (unpaired) electrons. The number of fused-ring (bicyclic) bond motifs is 1. The molecule has 0 saturated carbocycles. The molecular formula is C25H26F6N2O4. The second kappa shape index (κ2) is 10.1. The standard InChI is InChI=1S/C25H26F6N2O4/c1-6-18-12-32(19-7-13(2)14(3)8-20(19)33(18)23(35)37-5)21(22(34)36-4)15-9-16(24(26,27)28)11-17(10-15)25(29,30)31/h7-11,18,21H,6,12H2,1-5H3/t18-,21-/m0/s1. The number of methoxy groups -OCH3 is 2. The molecule has 2 aromatic rings. The first-order chi connectivity index (χ1) is 17.1. The van der Waals surface area contributed by atoms with Crippen LogP contribution < -0.4 is 9.80 Å². The summed E-state index contributed by atoms with van der Waals surface area (Å²) in [7, 11) is 2.19. The first-order valence-corrected chi connectivity index (χ1v) is 11.3. The number of carbonyl (C=O) groups is 2. The van der Waals surface area contributed by atoms with Gasteiger partial charge in [0, 0.05) is 6.54 Å². The first-order valence-electron chi connectivity index (χ1n) is 11.3. The second-order valence-electron chi connectivity index (χ2n) is 8.74. The molecule has 0 aliphatic carbocycles. The number of ether oxygens (including phenoxy) is 2. The number of amides is 1. The Morgan fingerprint density at radius 3 is 1.84 bits per heavy atom. The Kier molecular flexibility index (Phi) is 7.71. The second-order valence-corrected chi connectivity index (χ2v) is 8.74. The molecule has 0 unspecified atom stereocenters. The summed E-state index contributed by atoms with van der Waals surface area (Å²) >= 11 is 0. The van der Waals surface area contributed by atoms with E-state index in [1.165, 1.54) is 16.9 Å². The van der Waals surface area contributed by atoms with Crippen molar-refractivity contribution in [1.82, 2.24) is 0 Å². The van der Waals surface area contributed by atoms with E-state index in [1.54, 1.807) is 32.9 Å². The lowest BCUT2D eigenvalue weighted by Gasteiger charge is -2.45.